The number of halogens is 1. The molecule has 0 unspecified atom stereocenters. The largest absolute Gasteiger partial charge is 0.484 e. The van der Waals surface area contributed by atoms with Gasteiger partial charge >= 0.3 is 0 Å². The standard InChI is InChI=1S/C27H27FO4/c28-16-24-26(30-18-22-12-6-2-7-13-22)27(31-19-23-14-8-3-9-15-23)25(32-24)20-29-17-21-10-4-1-5-11-21/h1-16,25-27H,17-20H2/b24-16+/t25-,26-,27-/m1/s1. The van der Waals surface area contributed by atoms with Gasteiger partial charge in [0.05, 0.1) is 26.4 Å². The molecule has 0 aliphatic carbocycles. The van der Waals surface area contributed by atoms with Crippen molar-refractivity contribution in [2.75, 3.05) is 6.61 Å². The zero-order chi connectivity index (χ0) is 22.0. The first kappa shape index (κ1) is 22.2. The summed E-state index contributed by atoms with van der Waals surface area (Å²) in [6.45, 7) is 1.40. The van der Waals surface area contributed by atoms with Crippen LogP contribution in [-0.4, -0.2) is 24.9 Å². The molecule has 0 aromatic heterocycles. The third kappa shape index (κ3) is 6.04. The van der Waals surface area contributed by atoms with Gasteiger partial charge in [-0.25, -0.2) is 4.39 Å². The van der Waals surface area contributed by atoms with Gasteiger partial charge in [-0.3, -0.25) is 0 Å². The van der Waals surface area contributed by atoms with E-state index in [1.54, 1.807) is 0 Å². The van der Waals surface area contributed by atoms with Crippen LogP contribution in [0.3, 0.4) is 0 Å². The third-order valence-corrected chi connectivity index (χ3v) is 5.29. The average molecular weight is 435 g/mol. The highest BCUT2D eigenvalue weighted by Crippen LogP contribution is 2.31. The fourth-order valence-corrected chi connectivity index (χ4v) is 3.65. The summed E-state index contributed by atoms with van der Waals surface area (Å²) in [6, 6.07) is 29.5. The maximum absolute atomic E-state index is 13.7. The number of benzene rings is 3. The van der Waals surface area contributed by atoms with Gasteiger partial charge in [0.2, 0.25) is 0 Å². The normalized spacial score (nSPS) is 21.5. The van der Waals surface area contributed by atoms with Crippen LogP contribution in [-0.2, 0) is 38.8 Å². The molecule has 4 rings (SSSR count). The molecule has 3 aromatic carbocycles. The van der Waals surface area contributed by atoms with E-state index in [9.17, 15) is 4.39 Å². The van der Waals surface area contributed by atoms with Crippen LogP contribution in [0.2, 0.25) is 0 Å². The number of hydrogen-bond donors (Lipinski definition) is 0. The molecule has 0 radical (unpaired) electrons. The Hall–Kier alpha value is -2.99. The minimum Gasteiger partial charge on any atom is -0.484 e. The van der Waals surface area contributed by atoms with E-state index in [4.69, 9.17) is 18.9 Å². The molecule has 1 saturated heterocycles. The van der Waals surface area contributed by atoms with Gasteiger partial charge in [-0.2, -0.15) is 0 Å². The molecule has 3 atom stereocenters. The number of hydrogen-bond acceptors (Lipinski definition) is 4. The Balaban J connectivity index is 1.44. The predicted molar refractivity (Wildman–Crippen MR) is 120 cm³/mol. The van der Waals surface area contributed by atoms with Crippen molar-refractivity contribution in [3.63, 3.8) is 0 Å². The Morgan fingerprint density at radius 2 is 1.19 bits per heavy atom. The maximum atomic E-state index is 13.7. The van der Waals surface area contributed by atoms with Crippen LogP contribution in [0.15, 0.2) is 103 Å². The molecular weight excluding hydrogens is 407 g/mol. The van der Waals surface area contributed by atoms with E-state index >= 15 is 0 Å². The molecule has 0 bridgehead atoms. The SMILES string of the molecule is F/C=C1/O[C@H](COCc2ccccc2)[C@@H](OCc2ccccc2)[C@@H]1OCc1ccccc1. The molecule has 0 amide bonds. The lowest BCUT2D eigenvalue weighted by Crippen LogP contribution is -2.37. The highest BCUT2D eigenvalue weighted by atomic mass is 19.1. The highest BCUT2D eigenvalue weighted by Gasteiger charge is 2.44. The van der Waals surface area contributed by atoms with Gasteiger partial charge in [0.1, 0.15) is 18.5 Å². The summed E-state index contributed by atoms with van der Waals surface area (Å²) in [4.78, 5) is 0. The summed E-state index contributed by atoms with van der Waals surface area (Å²) in [7, 11) is 0. The van der Waals surface area contributed by atoms with Crippen LogP contribution in [0.1, 0.15) is 16.7 Å². The minimum atomic E-state index is -0.658. The van der Waals surface area contributed by atoms with Gasteiger partial charge in [0.15, 0.2) is 11.9 Å². The third-order valence-electron chi connectivity index (χ3n) is 5.29. The number of ether oxygens (including phenoxy) is 4. The summed E-state index contributed by atoms with van der Waals surface area (Å²) in [6.07, 6.45) is -1.18. The Kier molecular flexibility index (Phi) is 8.04. The van der Waals surface area contributed by atoms with E-state index in [0.717, 1.165) is 16.7 Å². The molecule has 4 nitrogen and oxygen atoms in total. The molecular formula is C27H27FO4. The second-order valence-electron chi connectivity index (χ2n) is 7.65. The predicted octanol–water partition coefficient (Wildman–Crippen LogP) is 5.58. The van der Waals surface area contributed by atoms with E-state index in [2.05, 4.69) is 0 Å². The highest BCUT2D eigenvalue weighted by molar-refractivity contribution is 5.17. The molecule has 1 aliphatic rings. The fourth-order valence-electron chi connectivity index (χ4n) is 3.65. The smallest absolute Gasteiger partial charge is 0.156 e. The molecule has 1 fully saturated rings. The lowest BCUT2D eigenvalue weighted by atomic mass is 10.1. The minimum absolute atomic E-state index is 0.132. The van der Waals surface area contributed by atoms with Crippen molar-refractivity contribution < 1.29 is 23.3 Å². The fraction of sp³-hybridized carbons (Fsp3) is 0.259. The lowest BCUT2D eigenvalue weighted by molar-refractivity contribution is -0.0894. The van der Waals surface area contributed by atoms with Crippen LogP contribution < -0.4 is 0 Å². The van der Waals surface area contributed by atoms with E-state index in [0.29, 0.717) is 26.2 Å². The Morgan fingerprint density at radius 3 is 1.72 bits per heavy atom. The molecule has 1 heterocycles. The van der Waals surface area contributed by atoms with Crippen molar-refractivity contribution in [1.82, 2.24) is 0 Å². The Morgan fingerprint density at radius 1 is 0.688 bits per heavy atom. The van der Waals surface area contributed by atoms with E-state index in [-0.39, 0.29) is 12.4 Å². The zero-order valence-corrected chi connectivity index (χ0v) is 17.8. The van der Waals surface area contributed by atoms with Gasteiger partial charge in [-0.05, 0) is 16.7 Å². The van der Waals surface area contributed by atoms with E-state index in [1.165, 1.54) is 0 Å². The molecule has 1 aliphatic heterocycles. The van der Waals surface area contributed by atoms with Crippen LogP contribution >= 0.6 is 0 Å². The second kappa shape index (κ2) is 11.6. The Labute approximate surface area is 188 Å². The van der Waals surface area contributed by atoms with Crippen molar-refractivity contribution in [2.45, 2.75) is 38.1 Å². The van der Waals surface area contributed by atoms with Crippen molar-refractivity contribution in [3.05, 3.63) is 120 Å². The van der Waals surface area contributed by atoms with Gasteiger partial charge < -0.3 is 18.9 Å². The quantitative estimate of drug-likeness (QED) is 0.417. The van der Waals surface area contributed by atoms with Gasteiger partial charge in [0.25, 0.3) is 0 Å². The van der Waals surface area contributed by atoms with Crippen molar-refractivity contribution in [3.8, 4) is 0 Å². The molecule has 32 heavy (non-hydrogen) atoms. The van der Waals surface area contributed by atoms with Crippen molar-refractivity contribution >= 4 is 0 Å². The average Bonchev–Trinajstić information content (AvgIpc) is 3.19. The summed E-state index contributed by atoms with van der Waals surface area (Å²) < 4.78 is 37.7. The lowest BCUT2D eigenvalue weighted by Gasteiger charge is -2.22. The van der Waals surface area contributed by atoms with Gasteiger partial charge in [-0.1, -0.05) is 91.0 Å². The van der Waals surface area contributed by atoms with Crippen LogP contribution in [0, 0.1) is 0 Å². The first-order valence-electron chi connectivity index (χ1n) is 10.7. The van der Waals surface area contributed by atoms with Gasteiger partial charge in [0, 0.05) is 0 Å². The molecule has 3 aromatic rings. The summed E-state index contributed by atoms with van der Waals surface area (Å²) in [5, 5.41) is 0. The molecule has 0 N–H and O–H groups in total. The maximum Gasteiger partial charge on any atom is 0.156 e. The molecule has 5 heteroatoms. The van der Waals surface area contributed by atoms with E-state index in [1.807, 2.05) is 91.0 Å². The van der Waals surface area contributed by atoms with Gasteiger partial charge in [-0.15, -0.1) is 0 Å². The first-order valence-corrected chi connectivity index (χ1v) is 10.7. The Bertz CT molecular complexity index is 963. The summed E-state index contributed by atoms with van der Waals surface area (Å²) >= 11 is 0. The molecule has 166 valence electrons. The monoisotopic (exact) mass is 434 g/mol. The number of rotatable bonds is 10. The van der Waals surface area contributed by atoms with Crippen molar-refractivity contribution in [1.29, 1.82) is 0 Å². The second-order valence-corrected chi connectivity index (χ2v) is 7.65. The van der Waals surface area contributed by atoms with Crippen LogP contribution in [0.5, 0.6) is 0 Å². The van der Waals surface area contributed by atoms with Crippen LogP contribution in [0.25, 0.3) is 0 Å². The summed E-state index contributed by atoms with van der Waals surface area (Å²) in [5.41, 5.74) is 3.08. The van der Waals surface area contributed by atoms with Crippen LogP contribution in [0.4, 0.5) is 4.39 Å². The molecule has 0 spiro atoms. The zero-order valence-electron chi connectivity index (χ0n) is 17.8. The first-order chi connectivity index (χ1) is 15.8. The van der Waals surface area contributed by atoms with Crippen molar-refractivity contribution in [2.24, 2.45) is 0 Å². The molecule has 0 saturated carbocycles. The topological polar surface area (TPSA) is 36.9 Å². The summed E-state index contributed by atoms with van der Waals surface area (Å²) in [5.74, 6) is 0.132. The van der Waals surface area contributed by atoms with E-state index < -0.39 is 18.3 Å².